The molecule has 0 fully saturated rings. The van der Waals surface area contributed by atoms with Crippen LogP contribution in [0.3, 0.4) is 0 Å². The number of benzene rings is 1. The van der Waals surface area contributed by atoms with Crippen molar-refractivity contribution in [1.29, 1.82) is 5.26 Å². The van der Waals surface area contributed by atoms with Gasteiger partial charge in [-0.15, -0.1) is 0 Å². The summed E-state index contributed by atoms with van der Waals surface area (Å²) in [4.78, 5) is 0. The molecule has 0 aliphatic rings. The standard InChI is InChI=1S/C13H13F2NO3/c1-17-6-7-18-9-19-12(13(14)15)11-4-2-10(8-16)3-5-11/h2-5H,6-7,9H2,1H3. The Kier molecular flexibility index (Phi) is 6.50. The minimum absolute atomic E-state index is 0.189. The van der Waals surface area contributed by atoms with Crippen molar-refractivity contribution in [3.8, 4) is 6.07 Å². The van der Waals surface area contributed by atoms with Crippen LogP contribution in [0.25, 0.3) is 5.76 Å². The molecule has 0 amide bonds. The van der Waals surface area contributed by atoms with Gasteiger partial charge >= 0.3 is 6.08 Å². The second-order valence-electron chi connectivity index (χ2n) is 3.44. The molecule has 102 valence electrons. The second kappa shape index (κ2) is 8.19. The van der Waals surface area contributed by atoms with Crippen LogP contribution < -0.4 is 0 Å². The molecule has 0 aromatic heterocycles. The van der Waals surface area contributed by atoms with Gasteiger partial charge in [-0.25, -0.2) is 0 Å². The molecule has 1 aromatic rings. The molecule has 4 nitrogen and oxygen atoms in total. The summed E-state index contributed by atoms with van der Waals surface area (Å²) < 4.78 is 40.1. The van der Waals surface area contributed by atoms with Gasteiger partial charge < -0.3 is 14.2 Å². The molecule has 0 bridgehead atoms. The van der Waals surface area contributed by atoms with Gasteiger partial charge in [-0.05, 0) is 24.3 Å². The van der Waals surface area contributed by atoms with Crippen molar-refractivity contribution < 1.29 is 23.0 Å². The molecule has 0 atom stereocenters. The van der Waals surface area contributed by atoms with E-state index in [1.807, 2.05) is 6.07 Å². The first-order chi connectivity index (χ1) is 9.19. The molecule has 1 aromatic carbocycles. The Balaban J connectivity index is 2.63. The number of ether oxygens (including phenoxy) is 3. The average molecular weight is 269 g/mol. The quantitative estimate of drug-likeness (QED) is 0.434. The summed E-state index contributed by atoms with van der Waals surface area (Å²) in [6, 6.07) is 7.56. The molecule has 0 saturated heterocycles. The molecule has 0 aliphatic heterocycles. The Morgan fingerprint density at radius 2 is 1.89 bits per heavy atom. The van der Waals surface area contributed by atoms with Crippen molar-refractivity contribution in [3.63, 3.8) is 0 Å². The first kappa shape index (κ1) is 15.1. The lowest BCUT2D eigenvalue weighted by atomic mass is 10.1. The maximum atomic E-state index is 12.8. The van der Waals surface area contributed by atoms with Gasteiger partial charge in [0.05, 0.1) is 24.8 Å². The summed E-state index contributed by atoms with van der Waals surface area (Å²) in [6.45, 7) is 0.318. The van der Waals surface area contributed by atoms with Crippen LogP contribution in [0.1, 0.15) is 11.1 Å². The van der Waals surface area contributed by atoms with Gasteiger partial charge in [-0.1, -0.05) is 0 Å². The first-order valence-electron chi connectivity index (χ1n) is 5.44. The highest BCUT2D eigenvalue weighted by molar-refractivity contribution is 5.61. The number of hydrogen-bond acceptors (Lipinski definition) is 4. The van der Waals surface area contributed by atoms with Gasteiger partial charge in [0.2, 0.25) is 0 Å². The zero-order valence-electron chi connectivity index (χ0n) is 10.4. The van der Waals surface area contributed by atoms with Gasteiger partial charge in [-0.3, -0.25) is 0 Å². The van der Waals surface area contributed by atoms with Crippen molar-refractivity contribution in [3.05, 3.63) is 41.5 Å². The van der Waals surface area contributed by atoms with Crippen LogP contribution in [0, 0.1) is 11.3 Å². The molecule has 0 N–H and O–H groups in total. The molecule has 0 saturated carbocycles. The summed E-state index contributed by atoms with van der Waals surface area (Å²) >= 11 is 0. The zero-order chi connectivity index (χ0) is 14.1. The predicted octanol–water partition coefficient (Wildman–Crippen LogP) is 2.76. The van der Waals surface area contributed by atoms with E-state index in [1.54, 1.807) is 0 Å². The van der Waals surface area contributed by atoms with E-state index in [1.165, 1.54) is 31.4 Å². The Morgan fingerprint density at radius 1 is 1.21 bits per heavy atom. The van der Waals surface area contributed by atoms with Crippen molar-refractivity contribution >= 4 is 5.76 Å². The fourth-order valence-electron chi connectivity index (χ4n) is 1.24. The maximum absolute atomic E-state index is 12.8. The minimum Gasteiger partial charge on any atom is -0.461 e. The van der Waals surface area contributed by atoms with Crippen LogP contribution in [0.5, 0.6) is 0 Å². The van der Waals surface area contributed by atoms with Crippen molar-refractivity contribution in [2.24, 2.45) is 0 Å². The summed E-state index contributed by atoms with van der Waals surface area (Å²) in [7, 11) is 1.51. The maximum Gasteiger partial charge on any atom is 0.312 e. The van der Waals surface area contributed by atoms with E-state index in [0.29, 0.717) is 12.2 Å². The molecule has 0 heterocycles. The highest BCUT2D eigenvalue weighted by Crippen LogP contribution is 2.22. The summed E-state index contributed by atoms with van der Waals surface area (Å²) in [5.41, 5.74) is 0.577. The van der Waals surface area contributed by atoms with E-state index in [9.17, 15) is 8.78 Å². The predicted molar refractivity (Wildman–Crippen MR) is 64.1 cm³/mol. The third-order valence-corrected chi connectivity index (χ3v) is 2.17. The third kappa shape index (κ3) is 5.04. The van der Waals surface area contributed by atoms with E-state index in [4.69, 9.17) is 19.5 Å². The van der Waals surface area contributed by atoms with Gasteiger partial charge in [0, 0.05) is 12.7 Å². The number of hydrogen-bond donors (Lipinski definition) is 0. The van der Waals surface area contributed by atoms with Crippen LogP contribution in [0.2, 0.25) is 0 Å². The highest BCUT2D eigenvalue weighted by Gasteiger charge is 2.11. The fourth-order valence-corrected chi connectivity index (χ4v) is 1.24. The molecule has 1 rings (SSSR count). The first-order valence-corrected chi connectivity index (χ1v) is 5.44. The van der Waals surface area contributed by atoms with E-state index in [0.717, 1.165) is 0 Å². The van der Waals surface area contributed by atoms with Crippen LogP contribution >= 0.6 is 0 Å². The number of methoxy groups -OCH3 is 1. The Labute approximate surface area is 109 Å². The van der Waals surface area contributed by atoms with Crippen molar-refractivity contribution in [2.75, 3.05) is 27.1 Å². The Bertz CT molecular complexity index is 462. The van der Waals surface area contributed by atoms with Gasteiger partial charge in [-0.2, -0.15) is 14.0 Å². The normalized spacial score (nSPS) is 9.79. The average Bonchev–Trinajstić information content (AvgIpc) is 2.43. The van der Waals surface area contributed by atoms with E-state index in [-0.39, 0.29) is 19.0 Å². The van der Waals surface area contributed by atoms with E-state index < -0.39 is 11.8 Å². The Hall–Kier alpha value is -1.97. The van der Waals surface area contributed by atoms with Crippen LogP contribution in [0.15, 0.2) is 30.3 Å². The molecular formula is C13H13F2NO3. The number of halogens is 2. The Morgan fingerprint density at radius 3 is 2.42 bits per heavy atom. The van der Waals surface area contributed by atoms with Crippen LogP contribution in [-0.2, 0) is 14.2 Å². The molecule has 0 spiro atoms. The largest absolute Gasteiger partial charge is 0.461 e. The van der Waals surface area contributed by atoms with E-state index in [2.05, 4.69) is 0 Å². The SMILES string of the molecule is COCCOCOC(=C(F)F)c1ccc(C#N)cc1. The van der Waals surface area contributed by atoms with Crippen LogP contribution in [-0.4, -0.2) is 27.1 Å². The van der Waals surface area contributed by atoms with Crippen molar-refractivity contribution in [2.45, 2.75) is 0 Å². The lowest BCUT2D eigenvalue weighted by Crippen LogP contribution is -2.06. The molecule has 6 heteroatoms. The van der Waals surface area contributed by atoms with Crippen LogP contribution in [0.4, 0.5) is 8.78 Å². The molecule has 0 unspecified atom stereocenters. The molecular weight excluding hydrogens is 256 g/mol. The van der Waals surface area contributed by atoms with Gasteiger partial charge in [0.25, 0.3) is 0 Å². The van der Waals surface area contributed by atoms with E-state index >= 15 is 0 Å². The summed E-state index contributed by atoms with van der Waals surface area (Å²) in [6.07, 6.45) is -1.94. The highest BCUT2D eigenvalue weighted by atomic mass is 19.3. The number of rotatable bonds is 7. The van der Waals surface area contributed by atoms with Gasteiger partial charge in [0.15, 0.2) is 12.6 Å². The topological polar surface area (TPSA) is 51.5 Å². The molecule has 19 heavy (non-hydrogen) atoms. The summed E-state index contributed by atoms with van der Waals surface area (Å²) in [5, 5.41) is 8.63. The third-order valence-electron chi connectivity index (χ3n) is 2.17. The van der Waals surface area contributed by atoms with Crippen molar-refractivity contribution in [1.82, 2.24) is 0 Å². The number of nitrogens with zero attached hydrogens (tertiary/aromatic N) is 1. The minimum atomic E-state index is -1.94. The summed E-state index contributed by atoms with van der Waals surface area (Å²) in [5.74, 6) is -0.554. The molecule has 0 radical (unpaired) electrons. The lowest BCUT2D eigenvalue weighted by Gasteiger charge is -2.10. The fraction of sp³-hybridized carbons (Fsp3) is 0.308. The second-order valence-corrected chi connectivity index (χ2v) is 3.44. The zero-order valence-corrected chi connectivity index (χ0v) is 10.4. The van der Waals surface area contributed by atoms with Gasteiger partial charge in [0.1, 0.15) is 0 Å². The molecule has 0 aliphatic carbocycles. The lowest BCUT2D eigenvalue weighted by molar-refractivity contribution is -0.0236. The monoisotopic (exact) mass is 269 g/mol. The number of nitriles is 1. The smallest absolute Gasteiger partial charge is 0.312 e.